The molecule has 0 aliphatic heterocycles. The fourth-order valence-electron chi connectivity index (χ4n) is 7.69. The molecule has 0 N–H and O–H groups in total. The molecule has 0 bridgehead atoms. The summed E-state index contributed by atoms with van der Waals surface area (Å²) in [6, 6.07) is 67.4. The molecule has 234 valence electrons. The van der Waals surface area contributed by atoms with E-state index < -0.39 is 0 Å². The summed E-state index contributed by atoms with van der Waals surface area (Å²) in [5, 5.41) is 9.95. The van der Waals surface area contributed by atoms with Gasteiger partial charge >= 0.3 is 0 Å². The van der Waals surface area contributed by atoms with E-state index in [0.717, 1.165) is 50.1 Å². The Morgan fingerprint density at radius 2 is 0.900 bits per heavy atom. The van der Waals surface area contributed by atoms with Gasteiger partial charge in [0.1, 0.15) is 11.2 Å². The van der Waals surface area contributed by atoms with Crippen LogP contribution in [-0.4, -0.2) is 0 Å². The molecule has 10 rings (SSSR count). The van der Waals surface area contributed by atoms with Crippen LogP contribution in [0.4, 0.5) is 17.1 Å². The average Bonchev–Trinajstić information content (AvgIpc) is 3.58. The molecule has 2 heteroatoms. The molecule has 0 radical (unpaired) electrons. The summed E-state index contributed by atoms with van der Waals surface area (Å²) in [4.78, 5) is 2.32. The Hall–Kier alpha value is -6.64. The number of nitrogens with zero attached hydrogens (tertiary/aromatic N) is 1. The van der Waals surface area contributed by atoms with Crippen molar-refractivity contribution in [3.8, 4) is 22.3 Å². The van der Waals surface area contributed by atoms with Gasteiger partial charge in [-0.1, -0.05) is 140 Å². The average molecular weight is 638 g/mol. The number of furan rings is 1. The Balaban J connectivity index is 1.07. The highest BCUT2D eigenvalue weighted by Crippen LogP contribution is 2.42. The van der Waals surface area contributed by atoms with Crippen molar-refractivity contribution in [2.45, 2.75) is 0 Å². The van der Waals surface area contributed by atoms with Crippen LogP contribution in [0.2, 0.25) is 0 Å². The third kappa shape index (κ3) is 4.57. The van der Waals surface area contributed by atoms with Crippen LogP contribution in [0.15, 0.2) is 192 Å². The maximum atomic E-state index is 6.36. The van der Waals surface area contributed by atoms with E-state index in [9.17, 15) is 0 Å². The third-order valence-corrected chi connectivity index (χ3v) is 10.0. The summed E-state index contributed by atoms with van der Waals surface area (Å²) >= 11 is 0. The maximum absolute atomic E-state index is 6.36. The van der Waals surface area contributed by atoms with Gasteiger partial charge in [0, 0.05) is 33.4 Å². The van der Waals surface area contributed by atoms with Gasteiger partial charge in [0.05, 0.1) is 0 Å². The van der Waals surface area contributed by atoms with Crippen LogP contribution in [0, 0.1) is 0 Å². The lowest BCUT2D eigenvalue weighted by Gasteiger charge is -2.26. The fraction of sp³-hybridized carbons (Fsp3) is 0. The summed E-state index contributed by atoms with van der Waals surface area (Å²) in [5.74, 6) is 0. The molecule has 9 aromatic carbocycles. The van der Waals surface area contributed by atoms with Crippen molar-refractivity contribution in [1.82, 2.24) is 0 Å². The van der Waals surface area contributed by atoms with Crippen molar-refractivity contribution in [3.63, 3.8) is 0 Å². The number of para-hydroxylation sites is 3. The number of fused-ring (bicyclic) bond motifs is 8. The van der Waals surface area contributed by atoms with Gasteiger partial charge in [0.15, 0.2) is 0 Å². The lowest BCUT2D eigenvalue weighted by molar-refractivity contribution is 0.670. The van der Waals surface area contributed by atoms with E-state index in [2.05, 4.69) is 181 Å². The van der Waals surface area contributed by atoms with Crippen molar-refractivity contribution in [1.29, 1.82) is 0 Å². The van der Waals surface area contributed by atoms with E-state index in [1.54, 1.807) is 0 Å². The third-order valence-electron chi connectivity index (χ3n) is 10.0. The van der Waals surface area contributed by atoms with Crippen molar-refractivity contribution in [3.05, 3.63) is 188 Å². The van der Waals surface area contributed by atoms with Gasteiger partial charge in [0.25, 0.3) is 0 Å². The largest absolute Gasteiger partial charge is 0.455 e. The van der Waals surface area contributed by atoms with E-state index in [0.29, 0.717) is 0 Å². The quantitative estimate of drug-likeness (QED) is 0.175. The zero-order chi connectivity index (χ0) is 33.0. The van der Waals surface area contributed by atoms with Crippen molar-refractivity contribution in [2.75, 3.05) is 4.90 Å². The van der Waals surface area contributed by atoms with Crippen molar-refractivity contribution in [2.24, 2.45) is 0 Å². The minimum Gasteiger partial charge on any atom is -0.455 e. The molecular weight excluding hydrogens is 607 g/mol. The Kier molecular flexibility index (Phi) is 6.53. The van der Waals surface area contributed by atoms with Gasteiger partial charge in [-0.2, -0.15) is 0 Å². The molecule has 50 heavy (non-hydrogen) atoms. The minimum absolute atomic E-state index is 0.912. The topological polar surface area (TPSA) is 16.4 Å². The molecule has 0 atom stereocenters. The first-order valence-corrected chi connectivity index (χ1v) is 17.1. The molecule has 10 aromatic rings. The van der Waals surface area contributed by atoms with Crippen molar-refractivity contribution >= 4 is 71.3 Å². The molecule has 0 spiro atoms. The van der Waals surface area contributed by atoms with E-state index in [-0.39, 0.29) is 0 Å². The van der Waals surface area contributed by atoms with Crippen LogP contribution in [0.3, 0.4) is 0 Å². The normalized spacial score (nSPS) is 11.6. The second-order valence-corrected chi connectivity index (χ2v) is 12.9. The summed E-state index contributed by atoms with van der Waals surface area (Å²) in [6.45, 7) is 0. The molecule has 0 saturated heterocycles. The standard InChI is InChI=1S/C48H31NO/c1-2-13-36(14-3-1)49(37-26-21-33(22-27-37)41-18-10-19-44-42-17-8-9-20-46(42)50-48(41)44)38-28-23-34(24-29-38)45-31-35-12-5-7-16-40(35)47-39-15-6-4-11-32(39)25-30-43(45)47/h1-31H. The first-order valence-electron chi connectivity index (χ1n) is 17.1. The molecular formula is C48H31NO. The highest BCUT2D eigenvalue weighted by molar-refractivity contribution is 6.24. The van der Waals surface area contributed by atoms with Gasteiger partial charge in [0.2, 0.25) is 0 Å². The van der Waals surface area contributed by atoms with Gasteiger partial charge in [-0.05, 0) is 97.5 Å². The smallest absolute Gasteiger partial charge is 0.143 e. The number of benzene rings is 9. The zero-order valence-electron chi connectivity index (χ0n) is 27.3. The van der Waals surface area contributed by atoms with Crippen LogP contribution in [0.25, 0.3) is 76.5 Å². The van der Waals surface area contributed by atoms with Gasteiger partial charge in [-0.15, -0.1) is 0 Å². The molecule has 0 aliphatic rings. The Morgan fingerprint density at radius 1 is 0.340 bits per heavy atom. The molecule has 0 unspecified atom stereocenters. The first-order chi connectivity index (χ1) is 24.8. The molecule has 0 aliphatic carbocycles. The lowest BCUT2D eigenvalue weighted by atomic mass is 9.90. The second kappa shape index (κ2) is 11.5. The molecule has 0 saturated carbocycles. The zero-order valence-corrected chi connectivity index (χ0v) is 27.3. The van der Waals surface area contributed by atoms with Crippen LogP contribution < -0.4 is 4.90 Å². The van der Waals surface area contributed by atoms with E-state index in [1.165, 1.54) is 43.4 Å². The van der Waals surface area contributed by atoms with Gasteiger partial charge < -0.3 is 9.32 Å². The monoisotopic (exact) mass is 637 g/mol. The Morgan fingerprint density at radius 3 is 1.64 bits per heavy atom. The fourth-order valence-corrected chi connectivity index (χ4v) is 7.69. The molecule has 0 fully saturated rings. The lowest BCUT2D eigenvalue weighted by Crippen LogP contribution is -2.09. The van der Waals surface area contributed by atoms with E-state index >= 15 is 0 Å². The minimum atomic E-state index is 0.912. The Bertz CT molecular complexity index is 2830. The Labute approximate surface area is 290 Å². The SMILES string of the molecule is c1ccc(N(c2ccc(-c3cc4ccccc4c4c3ccc3ccccc34)cc2)c2ccc(-c3cccc4c3oc3ccccc34)cc2)cc1. The summed E-state index contributed by atoms with van der Waals surface area (Å²) in [7, 11) is 0. The summed E-state index contributed by atoms with van der Waals surface area (Å²) in [5.41, 5.74) is 9.79. The highest BCUT2D eigenvalue weighted by atomic mass is 16.3. The number of rotatable bonds is 5. The van der Waals surface area contributed by atoms with Crippen LogP contribution >= 0.6 is 0 Å². The van der Waals surface area contributed by atoms with E-state index in [4.69, 9.17) is 4.42 Å². The van der Waals surface area contributed by atoms with Gasteiger partial charge in [-0.25, -0.2) is 0 Å². The molecule has 2 nitrogen and oxygen atoms in total. The molecule has 1 aromatic heterocycles. The van der Waals surface area contributed by atoms with Crippen molar-refractivity contribution < 1.29 is 4.42 Å². The van der Waals surface area contributed by atoms with Crippen LogP contribution in [0.5, 0.6) is 0 Å². The number of hydrogen-bond donors (Lipinski definition) is 0. The predicted molar refractivity (Wildman–Crippen MR) is 212 cm³/mol. The summed E-state index contributed by atoms with van der Waals surface area (Å²) in [6.07, 6.45) is 0. The highest BCUT2D eigenvalue weighted by Gasteiger charge is 2.17. The first kappa shape index (κ1) is 28.4. The summed E-state index contributed by atoms with van der Waals surface area (Å²) < 4.78 is 6.36. The van der Waals surface area contributed by atoms with Gasteiger partial charge in [-0.3, -0.25) is 0 Å². The number of hydrogen-bond acceptors (Lipinski definition) is 2. The molecule has 1 heterocycles. The molecule has 0 amide bonds. The second-order valence-electron chi connectivity index (χ2n) is 12.9. The maximum Gasteiger partial charge on any atom is 0.143 e. The van der Waals surface area contributed by atoms with Crippen LogP contribution in [-0.2, 0) is 0 Å². The number of anilines is 3. The van der Waals surface area contributed by atoms with E-state index in [1.807, 2.05) is 12.1 Å². The van der Waals surface area contributed by atoms with Crippen LogP contribution in [0.1, 0.15) is 0 Å². The predicted octanol–water partition coefficient (Wildman–Crippen LogP) is 13.8.